The second-order valence-electron chi connectivity index (χ2n) is 7.45. The van der Waals surface area contributed by atoms with Gasteiger partial charge in [0.1, 0.15) is 0 Å². The molecule has 2 atom stereocenters. The number of hydrogen-bond acceptors (Lipinski definition) is 6. The van der Waals surface area contributed by atoms with Gasteiger partial charge in [-0.05, 0) is 55.5 Å². The van der Waals surface area contributed by atoms with Crippen LogP contribution >= 0.6 is 23.2 Å². The second-order valence-corrected chi connectivity index (χ2v) is 8.26. The third-order valence-electron chi connectivity index (χ3n) is 5.20. The van der Waals surface area contributed by atoms with Gasteiger partial charge in [-0.1, -0.05) is 11.6 Å². The van der Waals surface area contributed by atoms with Gasteiger partial charge in [0.25, 0.3) is 0 Å². The fourth-order valence-electron chi connectivity index (χ4n) is 3.49. The minimum Gasteiger partial charge on any atom is -0.462 e. The highest BCUT2D eigenvalue weighted by atomic mass is 35.5. The molecular weight excluding hydrogens is 469 g/mol. The Morgan fingerprint density at radius 3 is 2.30 bits per heavy atom. The summed E-state index contributed by atoms with van der Waals surface area (Å²) in [5.74, 6) is -2.31. The fraction of sp³-hybridized carbons (Fsp3) is 0.333. The van der Waals surface area contributed by atoms with E-state index < -0.39 is 24.0 Å². The lowest BCUT2D eigenvalue weighted by atomic mass is 10.0. The van der Waals surface area contributed by atoms with Gasteiger partial charge in [-0.3, -0.25) is 14.4 Å². The third kappa shape index (κ3) is 6.12. The molecule has 0 aliphatic carbocycles. The Labute approximate surface area is 201 Å². The van der Waals surface area contributed by atoms with Crippen LogP contribution in [0.3, 0.4) is 0 Å². The number of amides is 1. The van der Waals surface area contributed by atoms with Gasteiger partial charge in [0, 0.05) is 41.5 Å². The summed E-state index contributed by atoms with van der Waals surface area (Å²) in [6.07, 6.45) is -0.945. The Hall–Kier alpha value is -2.90. The molecule has 1 amide bonds. The number of alkyl halides is 1. The summed E-state index contributed by atoms with van der Waals surface area (Å²) in [5.41, 5.74) is 1.28. The predicted molar refractivity (Wildman–Crippen MR) is 124 cm³/mol. The van der Waals surface area contributed by atoms with Crippen molar-refractivity contribution in [2.24, 2.45) is 5.92 Å². The topological polar surface area (TPSA) is 90.0 Å². The predicted octanol–water partition coefficient (Wildman–Crippen LogP) is 4.29. The van der Waals surface area contributed by atoms with Crippen LogP contribution in [0.4, 0.5) is 5.69 Å². The first kappa shape index (κ1) is 24.7. The molecule has 0 unspecified atom stereocenters. The molecule has 2 aromatic carbocycles. The van der Waals surface area contributed by atoms with Gasteiger partial charge in [-0.15, -0.1) is 11.6 Å². The number of nitrogens with zero attached hydrogens (tertiary/aromatic N) is 1. The molecule has 1 aliphatic rings. The van der Waals surface area contributed by atoms with E-state index in [0.717, 1.165) is 0 Å². The first-order valence-electron chi connectivity index (χ1n) is 10.5. The minimum absolute atomic E-state index is 0.0405. The smallest absolute Gasteiger partial charge is 0.338 e. The summed E-state index contributed by atoms with van der Waals surface area (Å²) in [4.78, 5) is 51.4. The number of Topliss-reactive ketones (excluding diaryl/α,β-unsaturated/α-hetero) is 1. The van der Waals surface area contributed by atoms with Crippen molar-refractivity contribution in [3.8, 4) is 0 Å². The van der Waals surface area contributed by atoms with Crippen LogP contribution in [-0.4, -0.2) is 48.8 Å². The van der Waals surface area contributed by atoms with Crippen molar-refractivity contribution in [1.82, 2.24) is 0 Å². The average Bonchev–Trinajstić information content (AvgIpc) is 3.21. The molecule has 0 N–H and O–H groups in total. The Balaban J connectivity index is 1.66. The lowest BCUT2D eigenvalue weighted by Gasteiger charge is -2.19. The average molecular weight is 492 g/mol. The quantitative estimate of drug-likeness (QED) is 0.295. The van der Waals surface area contributed by atoms with Gasteiger partial charge in [-0.2, -0.15) is 0 Å². The molecule has 0 spiro atoms. The highest BCUT2D eigenvalue weighted by Gasteiger charge is 2.38. The summed E-state index contributed by atoms with van der Waals surface area (Å²) in [7, 11) is 0. The number of anilines is 1. The number of ketones is 1. The normalized spacial score (nSPS) is 16.4. The number of benzene rings is 2. The van der Waals surface area contributed by atoms with Crippen LogP contribution in [-0.2, 0) is 19.1 Å². The summed E-state index contributed by atoms with van der Waals surface area (Å²) in [5, 5.41) is 0.484. The van der Waals surface area contributed by atoms with Gasteiger partial charge < -0.3 is 14.4 Å². The van der Waals surface area contributed by atoms with Gasteiger partial charge in [0.2, 0.25) is 11.7 Å². The van der Waals surface area contributed by atoms with E-state index >= 15 is 0 Å². The van der Waals surface area contributed by atoms with Crippen LogP contribution in [0.2, 0.25) is 5.02 Å². The summed E-state index contributed by atoms with van der Waals surface area (Å²) < 4.78 is 10.4. The van der Waals surface area contributed by atoms with E-state index in [1.807, 2.05) is 0 Å². The largest absolute Gasteiger partial charge is 0.462 e. The number of rotatable bonds is 9. The molecule has 3 rings (SSSR count). The van der Waals surface area contributed by atoms with E-state index in [4.69, 9.17) is 32.7 Å². The summed E-state index contributed by atoms with van der Waals surface area (Å²) in [6.45, 7) is 2.09. The number of carbonyl (C=O) groups is 4. The molecule has 1 aliphatic heterocycles. The van der Waals surface area contributed by atoms with Gasteiger partial charge in [0.15, 0.2) is 6.10 Å². The van der Waals surface area contributed by atoms with Gasteiger partial charge >= 0.3 is 11.9 Å². The van der Waals surface area contributed by atoms with E-state index in [-0.39, 0.29) is 43.6 Å². The molecule has 174 valence electrons. The second kappa shape index (κ2) is 11.3. The summed E-state index contributed by atoms with van der Waals surface area (Å²) >= 11 is 11.7. The SMILES string of the molecule is CCOC(=O)c1ccc(N2C[C@@H](C(=O)O[C@@H](CCCl)C(=O)c3ccc(Cl)cc3)CC2=O)cc1. The van der Waals surface area contributed by atoms with Crippen LogP contribution in [0.1, 0.15) is 40.5 Å². The Bertz CT molecular complexity index is 1020. The zero-order chi connectivity index (χ0) is 24.0. The lowest BCUT2D eigenvalue weighted by molar-refractivity contribution is -0.151. The number of ether oxygens (including phenoxy) is 2. The molecule has 0 aromatic heterocycles. The molecule has 0 radical (unpaired) electrons. The zero-order valence-corrected chi connectivity index (χ0v) is 19.5. The van der Waals surface area contributed by atoms with Crippen LogP contribution in [0.15, 0.2) is 48.5 Å². The Morgan fingerprint density at radius 1 is 1.06 bits per heavy atom. The minimum atomic E-state index is -1.05. The van der Waals surface area contributed by atoms with Crippen molar-refractivity contribution in [1.29, 1.82) is 0 Å². The summed E-state index contributed by atoms with van der Waals surface area (Å²) in [6, 6.07) is 12.6. The van der Waals surface area contributed by atoms with Crippen LogP contribution < -0.4 is 4.90 Å². The Kier molecular flexibility index (Phi) is 8.47. The molecular formula is C24H23Cl2NO6. The maximum Gasteiger partial charge on any atom is 0.338 e. The van der Waals surface area contributed by atoms with Crippen molar-refractivity contribution >= 4 is 52.5 Å². The molecule has 0 saturated carbocycles. The Morgan fingerprint density at radius 2 is 1.70 bits per heavy atom. The highest BCUT2D eigenvalue weighted by molar-refractivity contribution is 6.30. The lowest BCUT2D eigenvalue weighted by Crippen LogP contribution is -2.32. The van der Waals surface area contributed by atoms with E-state index in [2.05, 4.69) is 0 Å². The van der Waals surface area contributed by atoms with E-state index in [1.165, 1.54) is 4.90 Å². The van der Waals surface area contributed by atoms with E-state index in [1.54, 1.807) is 55.5 Å². The molecule has 9 heteroatoms. The van der Waals surface area contributed by atoms with Crippen molar-refractivity contribution in [3.63, 3.8) is 0 Å². The molecule has 1 saturated heterocycles. The maximum atomic E-state index is 12.8. The number of esters is 2. The first-order chi connectivity index (χ1) is 15.8. The van der Waals surface area contributed by atoms with E-state index in [9.17, 15) is 19.2 Å². The first-order valence-corrected chi connectivity index (χ1v) is 11.4. The third-order valence-corrected chi connectivity index (χ3v) is 5.67. The fourth-order valence-corrected chi connectivity index (χ4v) is 3.81. The van der Waals surface area contributed by atoms with Gasteiger partial charge in [0.05, 0.1) is 18.1 Å². The maximum absolute atomic E-state index is 12.8. The van der Waals surface area contributed by atoms with Crippen LogP contribution in [0.5, 0.6) is 0 Å². The molecule has 1 fully saturated rings. The highest BCUT2D eigenvalue weighted by Crippen LogP contribution is 2.27. The van der Waals surface area contributed by atoms with Crippen molar-refractivity contribution in [2.45, 2.75) is 25.9 Å². The number of carbonyl (C=O) groups excluding carboxylic acids is 4. The molecule has 2 aromatic rings. The van der Waals surface area contributed by atoms with Gasteiger partial charge in [-0.25, -0.2) is 4.79 Å². The van der Waals surface area contributed by atoms with E-state index in [0.29, 0.717) is 21.8 Å². The molecule has 7 nitrogen and oxygen atoms in total. The monoisotopic (exact) mass is 491 g/mol. The van der Waals surface area contributed by atoms with Crippen LogP contribution in [0.25, 0.3) is 0 Å². The number of hydrogen-bond donors (Lipinski definition) is 0. The van der Waals surface area contributed by atoms with Crippen molar-refractivity contribution < 1.29 is 28.7 Å². The van der Waals surface area contributed by atoms with Crippen molar-refractivity contribution in [3.05, 3.63) is 64.7 Å². The van der Waals surface area contributed by atoms with Crippen LogP contribution in [0, 0.1) is 5.92 Å². The molecule has 33 heavy (non-hydrogen) atoms. The number of halogens is 2. The standard InChI is InChI=1S/C24H23Cl2NO6/c1-2-32-23(30)16-5-9-19(10-6-16)27-14-17(13-21(27)28)24(31)33-20(11-12-25)22(29)15-3-7-18(26)8-4-15/h3-10,17,20H,2,11-14H2,1H3/t17-,20-/m0/s1. The molecule has 1 heterocycles. The van der Waals surface area contributed by atoms with Crippen molar-refractivity contribution in [2.75, 3.05) is 23.9 Å². The molecule has 0 bridgehead atoms. The zero-order valence-electron chi connectivity index (χ0n) is 18.0.